The van der Waals surface area contributed by atoms with Crippen molar-refractivity contribution in [2.75, 3.05) is 18.0 Å². The molecule has 4 aromatic rings. The van der Waals surface area contributed by atoms with Gasteiger partial charge in [0.1, 0.15) is 5.92 Å². The fraction of sp³-hybridized carbons (Fsp3) is 0.167. The van der Waals surface area contributed by atoms with E-state index in [0.717, 1.165) is 31.1 Å². The number of benzene rings is 3. The lowest BCUT2D eigenvalue weighted by Gasteiger charge is -2.12. The van der Waals surface area contributed by atoms with Crippen molar-refractivity contribution in [1.82, 2.24) is 10.6 Å². The molecule has 7 nitrogen and oxygen atoms in total. The molecule has 3 aromatic carbocycles. The number of Topliss-reactive ketones (excluding diaryl/α,β-unsaturated/α-hetero) is 1. The highest BCUT2D eigenvalue weighted by atomic mass is 35.5. The van der Waals surface area contributed by atoms with Gasteiger partial charge in [-0.1, -0.05) is 78.3 Å². The molecule has 4 N–H and O–H groups in total. The fourth-order valence-electron chi connectivity index (χ4n) is 4.22. The van der Waals surface area contributed by atoms with Gasteiger partial charge in [-0.25, -0.2) is 9.69 Å². The summed E-state index contributed by atoms with van der Waals surface area (Å²) in [6.45, 7) is 3.85. The summed E-state index contributed by atoms with van der Waals surface area (Å²) in [6.07, 6.45) is 0. The van der Waals surface area contributed by atoms with Gasteiger partial charge in [-0.2, -0.15) is 0 Å². The molecule has 1 aromatic heterocycles. The number of imide groups is 1. The van der Waals surface area contributed by atoms with E-state index in [9.17, 15) is 14.4 Å². The summed E-state index contributed by atoms with van der Waals surface area (Å²) < 4.78 is 0. The second-order valence-corrected chi connectivity index (χ2v) is 10.2. The van der Waals surface area contributed by atoms with E-state index in [0.29, 0.717) is 21.2 Å². The van der Waals surface area contributed by atoms with E-state index in [4.69, 9.17) is 17.3 Å². The molecule has 0 fully saturated rings. The molecule has 0 spiro atoms. The van der Waals surface area contributed by atoms with Gasteiger partial charge in [-0.05, 0) is 46.3 Å². The van der Waals surface area contributed by atoms with Crippen LogP contribution in [0, 0.1) is 0 Å². The number of thiophene rings is 1. The van der Waals surface area contributed by atoms with Gasteiger partial charge < -0.3 is 16.4 Å². The number of hydrogen-bond acceptors (Lipinski definition) is 6. The van der Waals surface area contributed by atoms with Gasteiger partial charge in [0.25, 0.3) is 5.91 Å². The zero-order chi connectivity index (χ0) is 27.6. The number of fused-ring (bicyclic) bond motifs is 1. The van der Waals surface area contributed by atoms with E-state index in [1.54, 1.807) is 23.6 Å². The number of nitrogens with one attached hydrogen (secondary N) is 2. The van der Waals surface area contributed by atoms with Gasteiger partial charge in [0.15, 0.2) is 5.78 Å². The monoisotopic (exact) mass is 560 g/mol. The molecule has 1 atom stereocenters. The average molecular weight is 561 g/mol. The Labute approximate surface area is 236 Å². The van der Waals surface area contributed by atoms with Gasteiger partial charge in [-0.15, -0.1) is 11.3 Å². The molecule has 0 saturated heterocycles. The zero-order valence-electron chi connectivity index (χ0n) is 21.2. The van der Waals surface area contributed by atoms with Crippen LogP contribution in [0.25, 0.3) is 0 Å². The highest BCUT2D eigenvalue weighted by Gasteiger charge is 2.44. The molecule has 200 valence electrons. The first-order valence-electron chi connectivity index (χ1n) is 12.5. The Morgan fingerprint density at radius 3 is 1.95 bits per heavy atom. The van der Waals surface area contributed by atoms with Crippen molar-refractivity contribution in [2.45, 2.75) is 19.0 Å². The Morgan fingerprint density at radius 2 is 1.44 bits per heavy atom. The summed E-state index contributed by atoms with van der Waals surface area (Å²) in [6, 6.07) is 28.0. The van der Waals surface area contributed by atoms with E-state index >= 15 is 0 Å². The van der Waals surface area contributed by atoms with Crippen molar-refractivity contribution in [3.8, 4) is 0 Å². The summed E-state index contributed by atoms with van der Waals surface area (Å²) in [5.41, 5.74) is 8.63. The lowest BCUT2D eigenvalue weighted by atomic mass is 9.95. The van der Waals surface area contributed by atoms with Crippen molar-refractivity contribution >= 4 is 46.3 Å². The Morgan fingerprint density at radius 1 is 0.846 bits per heavy atom. The first-order valence-corrected chi connectivity index (χ1v) is 13.7. The minimum Gasteiger partial charge on any atom is -0.351 e. The van der Waals surface area contributed by atoms with E-state index in [1.165, 1.54) is 34.6 Å². The molecule has 0 saturated carbocycles. The predicted molar refractivity (Wildman–Crippen MR) is 156 cm³/mol. The fourth-order valence-corrected chi connectivity index (χ4v) is 5.09. The van der Waals surface area contributed by atoms with Crippen LogP contribution in [0.2, 0.25) is 5.02 Å². The molecular weight excluding hydrogens is 532 g/mol. The largest absolute Gasteiger partial charge is 0.351 e. The minimum absolute atomic E-state index is 0.312. The molecule has 1 unspecified atom stereocenters. The number of rotatable bonds is 9. The van der Waals surface area contributed by atoms with Crippen LogP contribution in [0.3, 0.4) is 0 Å². The molecule has 1 aliphatic rings. The summed E-state index contributed by atoms with van der Waals surface area (Å²) in [5, 5.41) is 8.98. The highest BCUT2D eigenvalue weighted by molar-refractivity contribution is 7.12. The number of primary amides is 1. The number of hydrogen-bond donors (Lipinski definition) is 3. The van der Waals surface area contributed by atoms with Gasteiger partial charge in [0.05, 0.1) is 10.6 Å². The van der Waals surface area contributed by atoms with Crippen molar-refractivity contribution in [1.29, 1.82) is 0 Å². The van der Waals surface area contributed by atoms with E-state index in [2.05, 4.69) is 59.2 Å². The normalized spacial score (nSPS) is 13.9. The molecule has 1 aliphatic heterocycles. The van der Waals surface area contributed by atoms with Crippen LogP contribution in [0.15, 0.2) is 96.4 Å². The first-order chi connectivity index (χ1) is 19.0. The Hall–Kier alpha value is -3.82. The maximum Gasteiger partial charge on any atom is 0.326 e. The van der Waals surface area contributed by atoms with Crippen LogP contribution < -0.4 is 21.3 Å². The average Bonchev–Trinajstić information content (AvgIpc) is 3.58. The van der Waals surface area contributed by atoms with Crippen molar-refractivity contribution in [2.24, 2.45) is 5.73 Å². The van der Waals surface area contributed by atoms with Crippen LogP contribution >= 0.6 is 22.9 Å². The number of halogens is 1. The molecule has 9 heteroatoms. The van der Waals surface area contributed by atoms with E-state index in [-0.39, 0.29) is 5.78 Å². The smallest absolute Gasteiger partial charge is 0.326 e. The number of carbonyl (C=O) groups excluding carboxylic acids is 3. The second kappa shape index (κ2) is 13.8. The minimum atomic E-state index is -1.08. The van der Waals surface area contributed by atoms with Crippen molar-refractivity contribution in [3.63, 3.8) is 0 Å². The summed E-state index contributed by atoms with van der Waals surface area (Å²) in [4.78, 5) is 37.7. The van der Waals surface area contributed by atoms with E-state index in [1.807, 2.05) is 12.1 Å². The molecule has 0 aliphatic carbocycles. The third kappa shape index (κ3) is 7.40. The maximum absolute atomic E-state index is 12.5. The number of urea groups is 1. The van der Waals surface area contributed by atoms with Crippen molar-refractivity contribution < 1.29 is 14.4 Å². The van der Waals surface area contributed by atoms with E-state index < -0.39 is 17.9 Å². The van der Waals surface area contributed by atoms with Crippen LogP contribution in [-0.2, 0) is 17.9 Å². The van der Waals surface area contributed by atoms with Gasteiger partial charge in [-0.3, -0.25) is 9.59 Å². The third-order valence-corrected chi connectivity index (χ3v) is 7.20. The number of anilines is 1. The summed E-state index contributed by atoms with van der Waals surface area (Å²) in [5.74, 6) is -2.08. The quantitative estimate of drug-likeness (QED) is 0.145. The molecule has 39 heavy (non-hydrogen) atoms. The number of ketones is 1. The maximum atomic E-state index is 12.5. The molecular formula is C30H29ClN4O3S. The second-order valence-electron chi connectivity index (χ2n) is 8.81. The van der Waals surface area contributed by atoms with Crippen LogP contribution in [0.4, 0.5) is 10.5 Å². The SMILES string of the molecule is NC(=O)N1C(=O)C(C(=O)c2cccs2)c2cc(Cl)ccc21.c1ccc(CNCCNCc2ccccc2)cc1. The number of nitrogens with two attached hydrogens (primary N) is 1. The van der Waals surface area contributed by atoms with Gasteiger partial charge in [0.2, 0.25) is 0 Å². The predicted octanol–water partition coefficient (Wildman–Crippen LogP) is 5.36. The Balaban J connectivity index is 0.000000183. The van der Waals surface area contributed by atoms with Gasteiger partial charge in [0, 0.05) is 31.2 Å². The van der Waals surface area contributed by atoms with Crippen LogP contribution in [-0.4, -0.2) is 30.8 Å². The lowest BCUT2D eigenvalue weighted by Crippen LogP contribution is -2.40. The number of nitrogens with zero attached hydrogens (tertiary/aromatic N) is 1. The molecule has 5 rings (SSSR count). The molecule has 3 amide bonds. The van der Waals surface area contributed by atoms with Gasteiger partial charge >= 0.3 is 6.03 Å². The number of amides is 3. The van der Waals surface area contributed by atoms with Crippen molar-refractivity contribution in [3.05, 3.63) is 123 Å². The third-order valence-electron chi connectivity index (χ3n) is 6.08. The lowest BCUT2D eigenvalue weighted by molar-refractivity contribution is -0.117. The summed E-state index contributed by atoms with van der Waals surface area (Å²) >= 11 is 7.18. The summed E-state index contributed by atoms with van der Waals surface area (Å²) in [7, 11) is 0. The first kappa shape index (κ1) is 28.2. The standard InChI is InChI=1S/C16H20N2.C14H9ClN2O3S/c1-3-7-15(8-4-1)13-17-11-12-18-14-16-9-5-2-6-10-16;15-7-3-4-9-8(6-7)11(13(19)17(9)14(16)20)12(18)10-2-1-5-21-10/h1-10,17-18H,11-14H2;1-6,11H,(H2,16,20). The topological polar surface area (TPSA) is 105 Å². The Kier molecular flexibility index (Phi) is 9.99. The Bertz CT molecular complexity index is 1360. The van der Waals surface area contributed by atoms with Crippen LogP contribution in [0.1, 0.15) is 32.3 Å². The molecule has 0 radical (unpaired) electrons. The molecule has 2 heterocycles. The molecule has 0 bridgehead atoms. The number of carbonyl (C=O) groups is 3. The highest BCUT2D eigenvalue weighted by Crippen LogP contribution is 2.40. The zero-order valence-corrected chi connectivity index (χ0v) is 22.8. The van der Waals surface area contributed by atoms with Crippen LogP contribution in [0.5, 0.6) is 0 Å².